The average molecular weight is 548 g/mol. The first kappa shape index (κ1) is 27.2. The van der Waals surface area contributed by atoms with Crippen LogP contribution in [0.25, 0.3) is 0 Å². The predicted molar refractivity (Wildman–Crippen MR) is 145 cm³/mol. The lowest BCUT2D eigenvalue weighted by Gasteiger charge is -2.31. The number of urea groups is 1. The van der Waals surface area contributed by atoms with E-state index in [0.717, 1.165) is 28.9 Å². The molecule has 0 unspecified atom stereocenters. The molecular formula is C29H33N5O6. The number of nitrogens with one attached hydrogen (secondary N) is 3. The van der Waals surface area contributed by atoms with Gasteiger partial charge in [0.2, 0.25) is 11.8 Å². The molecular weight excluding hydrogens is 514 g/mol. The Morgan fingerprint density at radius 2 is 1.85 bits per heavy atom. The second kappa shape index (κ2) is 10.6. The molecule has 2 aromatic carbocycles. The van der Waals surface area contributed by atoms with Crippen LogP contribution in [-0.4, -0.2) is 63.4 Å². The highest BCUT2D eigenvalue weighted by molar-refractivity contribution is 6.10. The smallest absolute Gasteiger partial charge is 0.405 e. The van der Waals surface area contributed by atoms with E-state index in [-0.39, 0.29) is 18.5 Å². The highest BCUT2D eigenvalue weighted by atomic mass is 16.4. The van der Waals surface area contributed by atoms with Crippen molar-refractivity contribution in [3.8, 4) is 0 Å². The summed E-state index contributed by atoms with van der Waals surface area (Å²) in [5.41, 5.74) is 1.58. The summed E-state index contributed by atoms with van der Waals surface area (Å²) in [7, 11) is 0. The van der Waals surface area contributed by atoms with E-state index in [4.69, 9.17) is 5.11 Å². The maximum atomic E-state index is 13.7. The average Bonchev–Trinajstić information content (AvgIpc) is 3.67. The Labute approximate surface area is 231 Å². The monoisotopic (exact) mass is 547 g/mol. The van der Waals surface area contributed by atoms with Crippen LogP contribution in [0.3, 0.4) is 0 Å². The number of imide groups is 1. The zero-order chi connectivity index (χ0) is 28.6. The van der Waals surface area contributed by atoms with Gasteiger partial charge in [-0.05, 0) is 74.3 Å². The molecule has 11 nitrogen and oxygen atoms in total. The number of carbonyl (C=O) groups excluding carboxylic acids is 4. The largest absolute Gasteiger partial charge is 0.465 e. The maximum absolute atomic E-state index is 13.7. The Morgan fingerprint density at radius 3 is 2.52 bits per heavy atom. The van der Waals surface area contributed by atoms with Gasteiger partial charge in [0.15, 0.2) is 0 Å². The first-order chi connectivity index (χ1) is 19.1. The second-order valence-electron chi connectivity index (χ2n) is 10.8. The lowest BCUT2D eigenvalue weighted by atomic mass is 9.91. The van der Waals surface area contributed by atoms with Crippen molar-refractivity contribution >= 4 is 35.5 Å². The first-order valence-electron chi connectivity index (χ1n) is 13.5. The van der Waals surface area contributed by atoms with Gasteiger partial charge in [0.1, 0.15) is 18.1 Å². The lowest BCUT2D eigenvalue weighted by Crippen LogP contribution is -2.47. The quantitative estimate of drug-likeness (QED) is 0.355. The fraction of sp³-hybridized carbons (Fsp3) is 0.414. The summed E-state index contributed by atoms with van der Waals surface area (Å²) in [6.45, 7) is 3.52. The number of hydrogen-bond donors (Lipinski definition) is 4. The van der Waals surface area contributed by atoms with Gasteiger partial charge in [-0.2, -0.15) is 0 Å². The number of aryl methyl sites for hydroxylation is 1. The molecule has 210 valence electrons. The van der Waals surface area contributed by atoms with Crippen LogP contribution in [0.5, 0.6) is 0 Å². The fourth-order valence-corrected chi connectivity index (χ4v) is 5.67. The molecule has 6 amide bonds. The summed E-state index contributed by atoms with van der Waals surface area (Å²) in [6, 6.07) is 13.1. The minimum atomic E-state index is -1.30. The van der Waals surface area contributed by atoms with Crippen LogP contribution in [0, 0.1) is 5.92 Å². The van der Waals surface area contributed by atoms with Crippen molar-refractivity contribution in [3.63, 3.8) is 0 Å². The van der Waals surface area contributed by atoms with Gasteiger partial charge >= 0.3 is 12.1 Å². The Balaban J connectivity index is 1.31. The molecule has 2 aliphatic carbocycles. The summed E-state index contributed by atoms with van der Waals surface area (Å²) in [5.74, 6) is -0.838. The minimum absolute atomic E-state index is 0.00307. The van der Waals surface area contributed by atoms with Crippen LogP contribution in [0.2, 0.25) is 0 Å². The number of carbonyl (C=O) groups is 5. The fourth-order valence-electron chi connectivity index (χ4n) is 5.67. The van der Waals surface area contributed by atoms with Gasteiger partial charge < -0.3 is 26.0 Å². The molecule has 2 aromatic rings. The molecule has 11 heteroatoms. The Kier molecular flexibility index (Phi) is 7.22. The summed E-state index contributed by atoms with van der Waals surface area (Å²) in [6.07, 6.45) is 1.62. The van der Waals surface area contributed by atoms with Crippen LogP contribution in [0.4, 0.5) is 15.3 Å². The van der Waals surface area contributed by atoms with Crippen molar-refractivity contribution in [2.75, 3.05) is 11.9 Å². The summed E-state index contributed by atoms with van der Waals surface area (Å²) < 4.78 is 0. The van der Waals surface area contributed by atoms with Crippen molar-refractivity contribution in [2.45, 2.75) is 63.7 Å². The number of amides is 6. The van der Waals surface area contributed by atoms with E-state index in [1.165, 1.54) is 6.92 Å². The first-order valence-corrected chi connectivity index (χ1v) is 13.5. The number of fused-ring (bicyclic) bond motifs is 2. The van der Waals surface area contributed by atoms with E-state index in [0.29, 0.717) is 36.6 Å². The molecule has 40 heavy (non-hydrogen) atoms. The normalized spacial score (nSPS) is 21.0. The molecule has 2 fully saturated rings. The van der Waals surface area contributed by atoms with Gasteiger partial charge in [0.25, 0.3) is 5.91 Å². The molecule has 0 aromatic heterocycles. The van der Waals surface area contributed by atoms with E-state index in [1.54, 1.807) is 23.1 Å². The number of rotatable bonds is 9. The van der Waals surface area contributed by atoms with Crippen molar-refractivity contribution < 1.29 is 29.1 Å². The maximum Gasteiger partial charge on any atom is 0.405 e. The molecule has 1 saturated carbocycles. The second-order valence-corrected chi connectivity index (χ2v) is 10.8. The van der Waals surface area contributed by atoms with Gasteiger partial charge in [-0.3, -0.25) is 19.3 Å². The minimum Gasteiger partial charge on any atom is -0.465 e. The van der Waals surface area contributed by atoms with Gasteiger partial charge in [-0.25, -0.2) is 9.59 Å². The Bertz CT molecular complexity index is 1360. The highest BCUT2D eigenvalue weighted by Crippen LogP contribution is 2.42. The third-order valence-electron chi connectivity index (χ3n) is 8.12. The van der Waals surface area contributed by atoms with Crippen LogP contribution >= 0.6 is 0 Å². The number of benzene rings is 2. The zero-order valence-corrected chi connectivity index (χ0v) is 22.5. The zero-order valence-electron chi connectivity index (χ0n) is 22.5. The van der Waals surface area contributed by atoms with Crippen LogP contribution < -0.4 is 16.0 Å². The van der Waals surface area contributed by atoms with Crippen molar-refractivity contribution in [1.82, 2.24) is 20.4 Å². The van der Waals surface area contributed by atoms with Crippen LogP contribution in [0.1, 0.15) is 49.8 Å². The summed E-state index contributed by atoms with van der Waals surface area (Å²) in [5, 5.41) is 16.4. The number of anilines is 1. The van der Waals surface area contributed by atoms with E-state index >= 15 is 0 Å². The van der Waals surface area contributed by atoms with Gasteiger partial charge in [0.05, 0.1) is 0 Å². The van der Waals surface area contributed by atoms with Crippen LogP contribution in [0.15, 0.2) is 48.5 Å². The molecule has 0 bridgehead atoms. The molecule has 3 aliphatic rings. The highest BCUT2D eigenvalue weighted by Gasteiger charge is 2.56. The molecule has 4 N–H and O–H groups in total. The van der Waals surface area contributed by atoms with Crippen molar-refractivity contribution in [1.29, 1.82) is 0 Å². The molecule has 1 saturated heterocycles. The van der Waals surface area contributed by atoms with Crippen molar-refractivity contribution in [2.24, 2.45) is 5.92 Å². The molecule has 0 radical (unpaired) electrons. The van der Waals surface area contributed by atoms with Crippen LogP contribution in [-0.2, 0) is 32.9 Å². The van der Waals surface area contributed by atoms with E-state index in [9.17, 15) is 24.0 Å². The summed E-state index contributed by atoms with van der Waals surface area (Å²) >= 11 is 0. The van der Waals surface area contributed by atoms with Crippen molar-refractivity contribution in [3.05, 3.63) is 65.2 Å². The predicted octanol–water partition coefficient (Wildman–Crippen LogP) is 2.80. The molecule has 5 rings (SSSR count). The number of nitrogens with zero attached hydrogens (tertiary/aromatic N) is 2. The molecule has 3 atom stereocenters. The third-order valence-corrected chi connectivity index (χ3v) is 8.12. The van der Waals surface area contributed by atoms with E-state index < -0.39 is 35.5 Å². The lowest BCUT2D eigenvalue weighted by molar-refractivity contribution is -0.141. The molecule has 1 spiro atoms. The SMILES string of the molecule is C[C@H](NC(=O)O)C(=O)Nc1ccc2c(c1)CC[C@]21NC(=O)N(CC(=O)N(Cc2ccccc2)[C@@H](C)C2CC2)C1=O. The van der Waals surface area contributed by atoms with Gasteiger partial charge in [-0.1, -0.05) is 36.4 Å². The standard InChI is InChI=1S/C29H33N5O6/c1-17(30-28(39)40)25(36)31-22-10-11-23-21(14-22)12-13-29(23)26(37)34(27(38)32-29)16-24(35)33(18(2)20-8-9-20)15-19-6-4-3-5-7-19/h3-7,10-11,14,17-18,20,30H,8-9,12-13,15-16H2,1-2H3,(H,31,36)(H,32,38)(H,39,40)/t17-,18-,29-/m0/s1. The Morgan fingerprint density at radius 1 is 1.12 bits per heavy atom. The van der Waals surface area contributed by atoms with E-state index in [1.807, 2.05) is 37.3 Å². The Hall–Kier alpha value is -4.41. The van der Waals surface area contributed by atoms with Gasteiger partial charge in [0, 0.05) is 18.3 Å². The number of carboxylic acid groups (broad SMARTS) is 1. The summed E-state index contributed by atoms with van der Waals surface area (Å²) in [4.78, 5) is 66.3. The van der Waals surface area contributed by atoms with Gasteiger partial charge in [-0.15, -0.1) is 0 Å². The molecule has 1 heterocycles. The third kappa shape index (κ3) is 5.23. The topological polar surface area (TPSA) is 148 Å². The number of hydrogen-bond acceptors (Lipinski definition) is 5. The molecule has 1 aliphatic heterocycles. The van der Waals surface area contributed by atoms with E-state index in [2.05, 4.69) is 16.0 Å².